The Kier molecular flexibility index (Phi) is 6.76. The summed E-state index contributed by atoms with van der Waals surface area (Å²) in [5.41, 5.74) is 1.31. The highest BCUT2D eigenvalue weighted by Gasteiger charge is 2.24. The van der Waals surface area contributed by atoms with Crippen molar-refractivity contribution in [2.24, 2.45) is 0 Å². The van der Waals surface area contributed by atoms with Gasteiger partial charge in [-0.3, -0.25) is 4.79 Å². The summed E-state index contributed by atoms with van der Waals surface area (Å²) in [6.45, 7) is 4.10. The molecular formula is C21H28N4O2. The van der Waals surface area contributed by atoms with Crippen LogP contribution >= 0.6 is 0 Å². The molecule has 2 heterocycles. The van der Waals surface area contributed by atoms with Gasteiger partial charge in [0.15, 0.2) is 5.82 Å². The van der Waals surface area contributed by atoms with Crippen molar-refractivity contribution in [3.05, 3.63) is 42.1 Å². The monoisotopic (exact) mass is 368 g/mol. The van der Waals surface area contributed by atoms with E-state index in [4.69, 9.17) is 9.72 Å². The first-order valence-electron chi connectivity index (χ1n) is 9.71. The van der Waals surface area contributed by atoms with E-state index in [2.05, 4.69) is 22.1 Å². The van der Waals surface area contributed by atoms with E-state index in [1.165, 1.54) is 6.42 Å². The van der Waals surface area contributed by atoms with Crippen LogP contribution in [0.3, 0.4) is 0 Å². The molecule has 0 radical (unpaired) electrons. The Morgan fingerprint density at radius 1 is 1.26 bits per heavy atom. The van der Waals surface area contributed by atoms with Crippen LogP contribution in [0.2, 0.25) is 0 Å². The molecule has 6 heteroatoms. The van der Waals surface area contributed by atoms with Crippen molar-refractivity contribution in [3.8, 4) is 11.4 Å². The van der Waals surface area contributed by atoms with Crippen molar-refractivity contribution in [2.75, 3.05) is 31.7 Å². The van der Waals surface area contributed by atoms with Gasteiger partial charge in [-0.25, -0.2) is 9.97 Å². The molecule has 0 saturated carbocycles. The topological polar surface area (TPSA) is 67.4 Å². The second-order valence-electron chi connectivity index (χ2n) is 6.80. The van der Waals surface area contributed by atoms with Crippen LogP contribution in [0.15, 0.2) is 36.4 Å². The zero-order valence-corrected chi connectivity index (χ0v) is 16.1. The summed E-state index contributed by atoms with van der Waals surface area (Å²) in [6, 6.07) is 12.1. The Hall–Kier alpha value is -2.47. The molecule has 1 atom stereocenters. The van der Waals surface area contributed by atoms with Crippen molar-refractivity contribution < 1.29 is 9.53 Å². The summed E-state index contributed by atoms with van der Waals surface area (Å²) in [6.07, 6.45) is 4.63. The molecule has 1 saturated heterocycles. The number of anilines is 1. The molecule has 6 nitrogen and oxygen atoms in total. The number of carbonyl (C=O) groups excluding carboxylic acids is 1. The van der Waals surface area contributed by atoms with E-state index in [1.807, 2.05) is 36.4 Å². The van der Waals surface area contributed by atoms with Crippen LogP contribution in [0.1, 0.15) is 43.1 Å². The summed E-state index contributed by atoms with van der Waals surface area (Å²) < 4.78 is 5.01. The van der Waals surface area contributed by atoms with Crippen molar-refractivity contribution >= 4 is 11.7 Å². The van der Waals surface area contributed by atoms with Crippen molar-refractivity contribution in [2.45, 2.75) is 38.6 Å². The number of amides is 1. The molecule has 1 aromatic carbocycles. The van der Waals surface area contributed by atoms with Crippen LogP contribution in [0.5, 0.6) is 0 Å². The predicted octanol–water partition coefficient (Wildman–Crippen LogP) is 3.29. The van der Waals surface area contributed by atoms with Crippen molar-refractivity contribution in [1.82, 2.24) is 15.3 Å². The van der Waals surface area contributed by atoms with E-state index in [9.17, 15) is 4.79 Å². The largest absolute Gasteiger partial charge is 0.383 e. The van der Waals surface area contributed by atoms with Crippen LogP contribution in [0.4, 0.5) is 5.82 Å². The highest BCUT2D eigenvalue weighted by Crippen LogP contribution is 2.27. The SMILES string of the molecule is CCC1CCCCN1c1cc(C(=O)NCCOC)nc(-c2ccccc2)n1. The van der Waals surface area contributed by atoms with Crippen LogP contribution in [-0.4, -0.2) is 48.7 Å². The molecule has 3 rings (SSSR count). The Bertz CT molecular complexity index is 751. The zero-order chi connectivity index (χ0) is 19.1. The van der Waals surface area contributed by atoms with Crippen LogP contribution in [0.25, 0.3) is 11.4 Å². The average molecular weight is 368 g/mol. The molecule has 1 aliphatic heterocycles. The number of benzene rings is 1. The minimum absolute atomic E-state index is 0.196. The Labute approximate surface area is 161 Å². The average Bonchev–Trinajstić information content (AvgIpc) is 2.74. The molecule has 144 valence electrons. The summed E-state index contributed by atoms with van der Waals surface area (Å²) >= 11 is 0. The van der Waals surface area contributed by atoms with E-state index in [0.717, 1.165) is 37.2 Å². The number of ether oxygens (including phenoxy) is 1. The lowest BCUT2D eigenvalue weighted by Gasteiger charge is -2.36. The third-order valence-corrected chi connectivity index (χ3v) is 4.96. The Morgan fingerprint density at radius 2 is 2.07 bits per heavy atom. The maximum absolute atomic E-state index is 12.6. The number of methoxy groups -OCH3 is 1. The van der Waals surface area contributed by atoms with Gasteiger partial charge in [0.25, 0.3) is 5.91 Å². The summed E-state index contributed by atoms with van der Waals surface area (Å²) in [4.78, 5) is 24.3. The number of nitrogens with one attached hydrogen (secondary N) is 1. The molecule has 1 fully saturated rings. The van der Waals surface area contributed by atoms with Gasteiger partial charge in [-0.05, 0) is 25.7 Å². The Morgan fingerprint density at radius 3 is 2.81 bits per heavy atom. The normalized spacial score (nSPS) is 17.0. The predicted molar refractivity (Wildman–Crippen MR) is 107 cm³/mol. The van der Waals surface area contributed by atoms with Gasteiger partial charge in [-0.15, -0.1) is 0 Å². The fourth-order valence-corrected chi connectivity index (χ4v) is 3.50. The first kappa shape index (κ1) is 19.3. The number of hydrogen-bond acceptors (Lipinski definition) is 5. The van der Waals surface area contributed by atoms with Gasteiger partial charge >= 0.3 is 0 Å². The van der Waals surface area contributed by atoms with Crippen LogP contribution in [-0.2, 0) is 4.74 Å². The van der Waals surface area contributed by atoms with E-state index < -0.39 is 0 Å². The maximum Gasteiger partial charge on any atom is 0.270 e. The number of aromatic nitrogens is 2. The minimum atomic E-state index is -0.196. The van der Waals surface area contributed by atoms with Gasteiger partial charge in [0.2, 0.25) is 0 Å². The van der Waals surface area contributed by atoms with Crippen LogP contribution < -0.4 is 10.2 Å². The highest BCUT2D eigenvalue weighted by atomic mass is 16.5. The summed E-state index contributed by atoms with van der Waals surface area (Å²) in [5.74, 6) is 1.23. The van der Waals surface area contributed by atoms with Crippen molar-refractivity contribution in [3.63, 3.8) is 0 Å². The molecule has 0 bridgehead atoms. The molecule has 1 unspecified atom stereocenters. The third-order valence-electron chi connectivity index (χ3n) is 4.96. The smallest absolute Gasteiger partial charge is 0.270 e. The maximum atomic E-state index is 12.6. The molecular weight excluding hydrogens is 340 g/mol. The Balaban J connectivity index is 1.96. The van der Waals surface area contributed by atoms with Gasteiger partial charge in [-0.2, -0.15) is 0 Å². The lowest BCUT2D eigenvalue weighted by atomic mass is 10.00. The molecule has 27 heavy (non-hydrogen) atoms. The lowest BCUT2D eigenvalue weighted by molar-refractivity contribution is 0.0932. The van der Waals surface area contributed by atoms with Crippen molar-refractivity contribution in [1.29, 1.82) is 0 Å². The van der Waals surface area contributed by atoms with Gasteiger partial charge in [0.05, 0.1) is 6.61 Å². The molecule has 1 aromatic heterocycles. The minimum Gasteiger partial charge on any atom is -0.383 e. The van der Waals surface area contributed by atoms with Crippen LogP contribution in [0, 0.1) is 0 Å². The second-order valence-corrected chi connectivity index (χ2v) is 6.80. The van der Waals surface area contributed by atoms with E-state index in [-0.39, 0.29) is 5.91 Å². The number of rotatable bonds is 7. The van der Waals surface area contributed by atoms with E-state index in [1.54, 1.807) is 7.11 Å². The molecule has 0 spiro atoms. The first-order chi connectivity index (χ1) is 13.2. The fraction of sp³-hybridized carbons (Fsp3) is 0.476. The van der Waals surface area contributed by atoms with Gasteiger partial charge < -0.3 is 15.0 Å². The van der Waals surface area contributed by atoms with E-state index >= 15 is 0 Å². The summed E-state index contributed by atoms with van der Waals surface area (Å²) in [5, 5.41) is 2.86. The van der Waals surface area contributed by atoms with Gasteiger partial charge in [0, 0.05) is 37.9 Å². The standard InChI is InChI=1S/C21H28N4O2/c1-3-17-11-7-8-13-25(17)19-15-18(21(26)22-12-14-27-2)23-20(24-19)16-9-5-4-6-10-16/h4-6,9-10,15,17H,3,7-8,11-14H2,1-2H3,(H,22,26). The first-order valence-corrected chi connectivity index (χ1v) is 9.71. The zero-order valence-electron chi connectivity index (χ0n) is 16.1. The van der Waals surface area contributed by atoms with E-state index in [0.29, 0.717) is 30.7 Å². The number of piperidine rings is 1. The number of hydrogen-bond donors (Lipinski definition) is 1. The molecule has 1 amide bonds. The van der Waals surface area contributed by atoms with Gasteiger partial charge in [0.1, 0.15) is 11.5 Å². The van der Waals surface area contributed by atoms with Gasteiger partial charge in [-0.1, -0.05) is 37.3 Å². The number of carbonyl (C=O) groups is 1. The number of nitrogens with zero attached hydrogens (tertiary/aromatic N) is 3. The quantitative estimate of drug-likeness (QED) is 0.760. The second kappa shape index (κ2) is 9.46. The summed E-state index contributed by atoms with van der Waals surface area (Å²) in [7, 11) is 1.61. The molecule has 1 aliphatic rings. The highest BCUT2D eigenvalue weighted by molar-refractivity contribution is 5.93. The molecule has 0 aliphatic carbocycles. The lowest BCUT2D eigenvalue weighted by Crippen LogP contribution is -2.40. The third kappa shape index (κ3) is 4.83. The molecule has 1 N–H and O–H groups in total. The molecule has 2 aromatic rings. The fourth-order valence-electron chi connectivity index (χ4n) is 3.50.